The van der Waals surface area contributed by atoms with Crippen LogP contribution in [-0.2, 0) is 17.8 Å². The van der Waals surface area contributed by atoms with E-state index in [2.05, 4.69) is 9.72 Å². The number of hydrogen-bond donors (Lipinski definition) is 0. The Bertz CT molecular complexity index is 632. The number of nitrogens with zero attached hydrogens (tertiary/aromatic N) is 3. The summed E-state index contributed by atoms with van der Waals surface area (Å²) in [7, 11) is 0. The number of amides is 1. The van der Waals surface area contributed by atoms with Gasteiger partial charge in [-0.05, 0) is 26.0 Å². The summed E-state index contributed by atoms with van der Waals surface area (Å²) in [4.78, 5) is 14.3. The zero-order chi connectivity index (χ0) is 14.8. The summed E-state index contributed by atoms with van der Waals surface area (Å²) in [6.45, 7) is 6.26. The minimum Gasteiger partial charge on any atom is -0.375 e. The Morgan fingerprint density at radius 1 is 1.52 bits per heavy atom. The van der Waals surface area contributed by atoms with Crippen molar-refractivity contribution in [2.75, 3.05) is 13.2 Å². The minimum absolute atomic E-state index is 0.0170. The molecular weight excluding hydrogens is 270 g/mol. The number of hydrogen-bond acceptors (Lipinski definition) is 4. The summed E-state index contributed by atoms with van der Waals surface area (Å²) in [6.07, 6.45) is 2.00. The van der Waals surface area contributed by atoms with Crippen molar-refractivity contribution < 1.29 is 14.1 Å². The van der Waals surface area contributed by atoms with Crippen molar-refractivity contribution in [2.24, 2.45) is 0 Å². The molecule has 21 heavy (non-hydrogen) atoms. The third kappa shape index (κ3) is 2.85. The van der Waals surface area contributed by atoms with Crippen molar-refractivity contribution in [3.05, 3.63) is 41.5 Å². The lowest BCUT2D eigenvalue weighted by molar-refractivity contribution is 0.0244. The first-order valence-corrected chi connectivity index (χ1v) is 7.15. The topological polar surface area (TPSA) is 60.5 Å². The van der Waals surface area contributed by atoms with Crippen molar-refractivity contribution in [2.45, 2.75) is 33.0 Å². The third-order valence-corrected chi connectivity index (χ3v) is 3.63. The molecule has 1 atom stereocenters. The molecule has 1 amide bonds. The maximum Gasteiger partial charge on any atom is 0.292 e. The second-order valence-corrected chi connectivity index (χ2v) is 5.25. The minimum atomic E-state index is -0.144. The SMILES string of the molecule is CCOC1CN(C(=O)c2cc(C)no2)Cc2cccn2C1. The maximum absolute atomic E-state index is 12.6. The first-order chi connectivity index (χ1) is 10.2. The quantitative estimate of drug-likeness (QED) is 0.865. The van der Waals surface area contributed by atoms with Gasteiger partial charge in [-0.1, -0.05) is 5.16 Å². The standard InChI is InChI=1S/C15H19N3O3/c1-3-20-13-9-17-6-4-5-12(17)8-18(10-13)15(19)14-7-11(2)16-21-14/h4-7,13H,3,8-10H2,1-2H3. The van der Waals surface area contributed by atoms with Crippen molar-refractivity contribution in [1.82, 2.24) is 14.6 Å². The molecule has 112 valence electrons. The predicted molar refractivity (Wildman–Crippen MR) is 75.8 cm³/mol. The fourth-order valence-corrected chi connectivity index (χ4v) is 2.67. The van der Waals surface area contributed by atoms with E-state index in [1.54, 1.807) is 17.9 Å². The smallest absolute Gasteiger partial charge is 0.292 e. The lowest BCUT2D eigenvalue weighted by atomic mass is 10.3. The van der Waals surface area contributed by atoms with E-state index in [4.69, 9.17) is 9.26 Å². The average Bonchev–Trinajstić information content (AvgIpc) is 3.04. The van der Waals surface area contributed by atoms with Crippen LogP contribution in [0.25, 0.3) is 0 Å². The zero-order valence-corrected chi connectivity index (χ0v) is 12.3. The van der Waals surface area contributed by atoms with Crippen molar-refractivity contribution in [3.8, 4) is 0 Å². The van der Waals surface area contributed by atoms with E-state index in [-0.39, 0.29) is 17.8 Å². The van der Waals surface area contributed by atoms with Gasteiger partial charge in [0, 0.05) is 31.1 Å². The van der Waals surface area contributed by atoms with Crippen LogP contribution in [0, 0.1) is 6.92 Å². The molecule has 0 saturated carbocycles. The molecule has 3 heterocycles. The van der Waals surface area contributed by atoms with Gasteiger partial charge in [-0.2, -0.15) is 0 Å². The van der Waals surface area contributed by atoms with Gasteiger partial charge in [0.1, 0.15) is 0 Å². The predicted octanol–water partition coefficient (Wildman–Crippen LogP) is 1.85. The molecule has 2 aromatic rings. The van der Waals surface area contributed by atoms with Crippen LogP contribution >= 0.6 is 0 Å². The highest BCUT2D eigenvalue weighted by atomic mass is 16.5. The first-order valence-electron chi connectivity index (χ1n) is 7.15. The van der Waals surface area contributed by atoms with Gasteiger partial charge in [0.2, 0.25) is 5.76 Å². The van der Waals surface area contributed by atoms with Crippen LogP contribution in [0.4, 0.5) is 0 Å². The molecule has 1 aliphatic heterocycles. The molecule has 0 fully saturated rings. The monoisotopic (exact) mass is 289 g/mol. The highest BCUT2D eigenvalue weighted by Crippen LogP contribution is 2.18. The van der Waals surface area contributed by atoms with E-state index in [1.807, 2.05) is 25.3 Å². The Labute approximate surface area is 123 Å². The fraction of sp³-hybridized carbons (Fsp3) is 0.467. The Hall–Kier alpha value is -2.08. The Kier molecular flexibility index (Phi) is 3.79. The number of rotatable bonds is 3. The summed E-state index contributed by atoms with van der Waals surface area (Å²) in [5, 5.41) is 3.79. The van der Waals surface area contributed by atoms with Crippen LogP contribution in [0.3, 0.4) is 0 Å². The summed E-state index contributed by atoms with van der Waals surface area (Å²) in [6, 6.07) is 5.69. The third-order valence-electron chi connectivity index (χ3n) is 3.63. The van der Waals surface area contributed by atoms with Crippen LogP contribution in [0.2, 0.25) is 0 Å². The van der Waals surface area contributed by atoms with E-state index in [1.165, 1.54) is 0 Å². The van der Waals surface area contributed by atoms with E-state index >= 15 is 0 Å². The number of carbonyl (C=O) groups excluding carboxylic acids is 1. The fourth-order valence-electron chi connectivity index (χ4n) is 2.67. The number of aryl methyl sites for hydroxylation is 1. The summed E-state index contributed by atoms with van der Waals surface area (Å²) < 4.78 is 13.0. The highest BCUT2D eigenvalue weighted by molar-refractivity contribution is 5.91. The largest absolute Gasteiger partial charge is 0.375 e. The molecule has 0 N–H and O–H groups in total. The van der Waals surface area contributed by atoms with Gasteiger partial charge in [-0.3, -0.25) is 4.79 Å². The average molecular weight is 289 g/mol. The second kappa shape index (κ2) is 5.73. The van der Waals surface area contributed by atoms with Crippen LogP contribution in [-0.4, -0.2) is 39.8 Å². The molecule has 1 unspecified atom stereocenters. The summed E-state index contributed by atoms with van der Waals surface area (Å²) >= 11 is 0. The Balaban J connectivity index is 1.85. The van der Waals surface area contributed by atoms with E-state index in [9.17, 15) is 4.79 Å². The van der Waals surface area contributed by atoms with Gasteiger partial charge in [0.15, 0.2) is 0 Å². The lowest BCUT2D eigenvalue weighted by Gasteiger charge is -2.23. The molecule has 0 aromatic carbocycles. The molecule has 6 nitrogen and oxygen atoms in total. The van der Waals surface area contributed by atoms with Gasteiger partial charge in [-0.25, -0.2) is 0 Å². The molecule has 0 bridgehead atoms. The second-order valence-electron chi connectivity index (χ2n) is 5.25. The molecule has 2 aromatic heterocycles. The number of ether oxygens (including phenoxy) is 1. The highest BCUT2D eigenvalue weighted by Gasteiger charge is 2.27. The van der Waals surface area contributed by atoms with Gasteiger partial charge in [-0.15, -0.1) is 0 Å². The van der Waals surface area contributed by atoms with E-state index in [0.717, 1.165) is 12.2 Å². The van der Waals surface area contributed by atoms with Crippen LogP contribution in [0.15, 0.2) is 28.9 Å². The van der Waals surface area contributed by atoms with E-state index in [0.29, 0.717) is 25.4 Å². The molecule has 3 rings (SSSR count). The molecule has 0 aliphatic carbocycles. The Morgan fingerprint density at radius 2 is 2.38 bits per heavy atom. The van der Waals surface area contributed by atoms with Gasteiger partial charge in [0.05, 0.1) is 24.9 Å². The number of aromatic nitrogens is 2. The molecule has 1 aliphatic rings. The van der Waals surface area contributed by atoms with Gasteiger partial charge >= 0.3 is 0 Å². The van der Waals surface area contributed by atoms with Crippen molar-refractivity contribution in [3.63, 3.8) is 0 Å². The van der Waals surface area contributed by atoms with E-state index < -0.39 is 0 Å². The molecular formula is C15H19N3O3. The van der Waals surface area contributed by atoms with Crippen LogP contribution in [0.5, 0.6) is 0 Å². The maximum atomic E-state index is 12.6. The molecule has 0 saturated heterocycles. The summed E-state index contributed by atoms with van der Waals surface area (Å²) in [5.74, 6) is 0.137. The number of carbonyl (C=O) groups is 1. The number of fused-ring (bicyclic) bond motifs is 1. The first kappa shape index (κ1) is 13.9. The van der Waals surface area contributed by atoms with Crippen molar-refractivity contribution in [1.29, 1.82) is 0 Å². The van der Waals surface area contributed by atoms with Crippen LogP contribution in [0.1, 0.15) is 28.9 Å². The summed E-state index contributed by atoms with van der Waals surface area (Å²) in [5.41, 5.74) is 1.81. The van der Waals surface area contributed by atoms with Crippen LogP contribution < -0.4 is 0 Å². The van der Waals surface area contributed by atoms with Gasteiger partial charge < -0.3 is 18.7 Å². The normalized spacial score (nSPS) is 18.4. The molecule has 0 radical (unpaired) electrons. The Morgan fingerprint density at radius 3 is 3.10 bits per heavy atom. The zero-order valence-electron chi connectivity index (χ0n) is 12.3. The molecule has 6 heteroatoms. The van der Waals surface area contributed by atoms with Crippen molar-refractivity contribution >= 4 is 5.91 Å². The van der Waals surface area contributed by atoms with Gasteiger partial charge in [0.25, 0.3) is 5.91 Å². The molecule has 0 spiro atoms. The lowest BCUT2D eigenvalue weighted by Crippen LogP contribution is -2.37.